The van der Waals surface area contributed by atoms with Crippen LogP contribution in [0.15, 0.2) is 0 Å². The largest absolute Gasteiger partial charge is 0.394 e. The van der Waals surface area contributed by atoms with E-state index in [0.717, 1.165) is 0 Å². The zero-order valence-corrected chi connectivity index (χ0v) is 20.6. The van der Waals surface area contributed by atoms with Crippen molar-refractivity contribution in [1.29, 1.82) is 0 Å². The first-order valence-corrected chi connectivity index (χ1v) is 12.3. The minimum atomic E-state index is -1.95. The Morgan fingerprint density at radius 3 is 1.28 bits per heavy atom. The molecule has 0 bridgehead atoms. The molecule has 0 aliphatic carbocycles. The molecule has 3 saturated heterocycles. The summed E-state index contributed by atoms with van der Waals surface area (Å²) in [6.45, 7) is -3.68. The maximum absolute atomic E-state index is 10.7. The van der Waals surface area contributed by atoms with E-state index in [4.69, 9.17) is 28.4 Å². The molecule has 3 rings (SSSR count). The number of aliphatic hydroxyl groups is 12. The van der Waals surface area contributed by atoms with E-state index in [2.05, 4.69) is 0 Å². The lowest BCUT2D eigenvalue weighted by atomic mass is 9.96. The van der Waals surface area contributed by atoms with Gasteiger partial charge in [-0.3, -0.25) is 0 Å². The first-order chi connectivity index (χ1) is 18.5. The van der Waals surface area contributed by atoms with E-state index in [-0.39, 0.29) is 0 Å². The van der Waals surface area contributed by atoms with Crippen molar-refractivity contribution in [2.45, 2.75) is 98.2 Å². The molecule has 0 aromatic rings. The van der Waals surface area contributed by atoms with Crippen molar-refractivity contribution >= 4 is 0 Å². The number of ether oxygens (including phenoxy) is 6. The Labute approximate surface area is 221 Å². The van der Waals surface area contributed by atoms with Gasteiger partial charge in [-0.1, -0.05) is 0 Å². The first kappa shape index (κ1) is 32.8. The maximum atomic E-state index is 10.7. The fraction of sp³-hybridized carbons (Fsp3) is 1.00. The molecule has 3 aliphatic heterocycles. The minimum absolute atomic E-state index is 0.641. The van der Waals surface area contributed by atoms with Crippen molar-refractivity contribution in [3.05, 3.63) is 0 Å². The average Bonchev–Trinajstić information content (AvgIpc) is 2.94. The molecule has 15 atom stereocenters. The summed E-state index contributed by atoms with van der Waals surface area (Å²) in [6.07, 6.45) is -26.5. The molecule has 0 amide bonds. The van der Waals surface area contributed by atoms with Crippen molar-refractivity contribution in [3.8, 4) is 0 Å². The van der Waals surface area contributed by atoms with E-state index >= 15 is 0 Å². The van der Waals surface area contributed by atoms with Gasteiger partial charge in [0.05, 0.1) is 33.0 Å². The van der Waals surface area contributed by atoms with Gasteiger partial charge < -0.3 is 89.7 Å². The van der Waals surface area contributed by atoms with Crippen molar-refractivity contribution < 1.29 is 89.7 Å². The Bertz CT molecular complexity index is 723. The quantitative estimate of drug-likeness (QED) is 0.108. The molecular weight excluding hydrogens is 540 g/mol. The van der Waals surface area contributed by atoms with Crippen LogP contribution in [0.4, 0.5) is 0 Å². The molecule has 0 radical (unpaired) electrons. The standard InChI is InChI=1S/C21H38O18/c22-1-6(2-23)34-19-15(32)12(29)17(8(4-25)36-19)39-21-16(33)13(30)18(9(5-26)37-21)38-20-14(31)11(28)10(27)7(3-24)35-20/h6-33H,1-5H2/t7-,8-,9-,10-,11+,12-,13-,14-,15-,16-,17-,18-,19?,20+,21+/m1/s1. The van der Waals surface area contributed by atoms with Crippen LogP contribution < -0.4 is 0 Å². The SMILES string of the molecule is OCC(CO)OC1O[C@H](CO)[C@@H](O[C@@H]2O[C@H](CO)[C@@H](O[C@@H]3O[C@H](CO)[C@@H](O)[C@H](O)[C@H]3O)[C@H](O)[C@H]2O)[C@H](O)[C@H]1O. The average molecular weight is 579 g/mol. The highest BCUT2D eigenvalue weighted by Gasteiger charge is 2.53. The second-order valence-corrected chi connectivity index (χ2v) is 9.44. The third-order valence-corrected chi connectivity index (χ3v) is 6.81. The predicted molar refractivity (Wildman–Crippen MR) is 118 cm³/mol. The van der Waals surface area contributed by atoms with E-state index in [9.17, 15) is 61.3 Å². The van der Waals surface area contributed by atoms with Crippen molar-refractivity contribution in [3.63, 3.8) is 0 Å². The number of rotatable bonds is 11. The van der Waals surface area contributed by atoms with Crippen LogP contribution in [0.3, 0.4) is 0 Å². The molecule has 230 valence electrons. The molecule has 0 saturated carbocycles. The fourth-order valence-electron chi connectivity index (χ4n) is 4.49. The summed E-state index contributed by atoms with van der Waals surface area (Å²) < 4.78 is 32.3. The molecular formula is C21H38O18. The van der Waals surface area contributed by atoms with Crippen molar-refractivity contribution in [2.24, 2.45) is 0 Å². The van der Waals surface area contributed by atoms with Gasteiger partial charge in [-0.25, -0.2) is 0 Å². The van der Waals surface area contributed by atoms with Crippen LogP contribution in [0.1, 0.15) is 0 Å². The van der Waals surface area contributed by atoms with Gasteiger partial charge in [-0.15, -0.1) is 0 Å². The summed E-state index contributed by atoms with van der Waals surface area (Å²) in [5.41, 5.74) is 0. The Kier molecular flexibility index (Phi) is 12.1. The highest BCUT2D eigenvalue weighted by atomic mass is 16.8. The van der Waals surface area contributed by atoms with Crippen LogP contribution in [0, 0.1) is 0 Å². The molecule has 0 spiro atoms. The molecule has 1 unspecified atom stereocenters. The van der Waals surface area contributed by atoms with Gasteiger partial charge >= 0.3 is 0 Å². The van der Waals surface area contributed by atoms with Gasteiger partial charge in [0.25, 0.3) is 0 Å². The fourth-order valence-corrected chi connectivity index (χ4v) is 4.49. The summed E-state index contributed by atoms with van der Waals surface area (Å²) in [7, 11) is 0. The summed E-state index contributed by atoms with van der Waals surface area (Å²) >= 11 is 0. The Hall–Kier alpha value is -0.720. The summed E-state index contributed by atoms with van der Waals surface area (Å²) in [5, 5.41) is 120. The van der Waals surface area contributed by atoms with Crippen LogP contribution in [-0.2, 0) is 28.4 Å². The Balaban J connectivity index is 1.70. The highest BCUT2D eigenvalue weighted by molar-refractivity contribution is 4.96. The monoisotopic (exact) mass is 578 g/mol. The zero-order valence-electron chi connectivity index (χ0n) is 20.6. The van der Waals surface area contributed by atoms with E-state index in [1.165, 1.54) is 0 Å². The minimum Gasteiger partial charge on any atom is -0.394 e. The second-order valence-electron chi connectivity index (χ2n) is 9.44. The molecule has 39 heavy (non-hydrogen) atoms. The van der Waals surface area contributed by atoms with E-state index in [1.54, 1.807) is 0 Å². The second kappa shape index (κ2) is 14.4. The van der Waals surface area contributed by atoms with Gasteiger partial charge in [-0.2, -0.15) is 0 Å². The van der Waals surface area contributed by atoms with Gasteiger partial charge in [-0.05, 0) is 0 Å². The lowest BCUT2D eigenvalue weighted by Gasteiger charge is -2.48. The van der Waals surface area contributed by atoms with Crippen LogP contribution in [-0.4, -0.2) is 193 Å². The predicted octanol–water partition coefficient (Wildman–Crippen LogP) is -8.20. The summed E-state index contributed by atoms with van der Waals surface area (Å²) in [4.78, 5) is 0. The van der Waals surface area contributed by atoms with Crippen LogP contribution in [0.5, 0.6) is 0 Å². The lowest BCUT2D eigenvalue weighted by molar-refractivity contribution is -0.381. The van der Waals surface area contributed by atoms with Gasteiger partial charge in [0.15, 0.2) is 18.9 Å². The number of aliphatic hydroxyl groups excluding tert-OH is 12. The molecule has 12 N–H and O–H groups in total. The molecule has 0 aromatic heterocycles. The maximum Gasteiger partial charge on any atom is 0.187 e. The van der Waals surface area contributed by atoms with E-state index < -0.39 is 131 Å². The van der Waals surface area contributed by atoms with Gasteiger partial charge in [0, 0.05) is 0 Å². The summed E-state index contributed by atoms with van der Waals surface area (Å²) in [5.74, 6) is 0. The van der Waals surface area contributed by atoms with Crippen LogP contribution in [0.25, 0.3) is 0 Å². The van der Waals surface area contributed by atoms with Crippen LogP contribution in [0.2, 0.25) is 0 Å². The molecule has 3 heterocycles. The topological polar surface area (TPSA) is 298 Å². The summed E-state index contributed by atoms with van der Waals surface area (Å²) in [6, 6.07) is 0. The third-order valence-electron chi connectivity index (χ3n) is 6.81. The molecule has 3 fully saturated rings. The zero-order chi connectivity index (χ0) is 29.0. The number of hydrogen-bond donors (Lipinski definition) is 12. The number of hydrogen-bond acceptors (Lipinski definition) is 18. The Morgan fingerprint density at radius 2 is 0.846 bits per heavy atom. The molecule has 18 heteroatoms. The molecule has 18 nitrogen and oxygen atoms in total. The third kappa shape index (κ3) is 7.02. The highest BCUT2D eigenvalue weighted by Crippen LogP contribution is 2.32. The first-order valence-electron chi connectivity index (χ1n) is 12.3. The normalized spacial score (nSPS) is 47.5. The van der Waals surface area contributed by atoms with E-state index in [0.29, 0.717) is 0 Å². The van der Waals surface area contributed by atoms with Gasteiger partial charge in [0.2, 0.25) is 0 Å². The van der Waals surface area contributed by atoms with Gasteiger partial charge in [0.1, 0.15) is 79.4 Å². The van der Waals surface area contributed by atoms with E-state index in [1.807, 2.05) is 0 Å². The molecule has 3 aliphatic rings. The Morgan fingerprint density at radius 1 is 0.462 bits per heavy atom. The smallest absolute Gasteiger partial charge is 0.187 e. The lowest BCUT2D eigenvalue weighted by Crippen LogP contribution is -2.66. The van der Waals surface area contributed by atoms with Crippen molar-refractivity contribution in [2.75, 3.05) is 33.0 Å². The molecule has 0 aromatic carbocycles. The van der Waals surface area contributed by atoms with Crippen LogP contribution >= 0.6 is 0 Å². The van der Waals surface area contributed by atoms with Crippen molar-refractivity contribution in [1.82, 2.24) is 0 Å².